The molecular formula is C15H20N2O3. The van der Waals surface area contributed by atoms with E-state index in [1.807, 2.05) is 6.07 Å². The molecule has 0 heterocycles. The molecule has 2 rings (SSSR count). The number of carboxylic acids is 1. The van der Waals surface area contributed by atoms with Gasteiger partial charge in [-0.25, -0.2) is 4.79 Å². The Hall–Kier alpha value is -1.88. The van der Waals surface area contributed by atoms with E-state index < -0.39 is 12.0 Å². The van der Waals surface area contributed by atoms with Crippen molar-refractivity contribution in [3.8, 4) is 0 Å². The van der Waals surface area contributed by atoms with Gasteiger partial charge >= 0.3 is 5.97 Å². The molecule has 5 nitrogen and oxygen atoms in total. The SMILES string of the molecule is NC1CCC(C(=O)N[C@H](C(=O)O)c2ccccc2)CC1. The second-order valence-electron chi connectivity index (χ2n) is 5.30. The van der Waals surface area contributed by atoms with Gasteiger partial charge < -0.3 is 16.2 Å². The lowest BCUT2D eigenvalue weighted by Crippen LogP contribution is -2.40. The standard InChI is InChI=1S/C15H20N2O3/c16-12-8-6-11(7-9-12)14(18)17-13(15(19)20)10-4-2-1-3-5-10/h1-5,11-13H,6-9,16H2,(H,17,18)(H,19,20)/t11?,12?,13-/m0/s1. The fourth-order valence-electron chi connectivity index (χ4n) is 2.57. The van der Waals surface area contributed by atoms with Crippen LogP contribution < -0.4 is 11.1 Å². The van der Waals surface area contributed by atoms with Crippen LogP contribution in [0.2, 0.25) is 0 Å². The van der Waals surface area contributed by atoms with Crippen molar-refractivity contribution in [1.29, 1.82) is 0 Å². The van der Waals surface area contributed by atoms with Crippen molar-refractivity contribution >= 4 is 11.9 Å². The number of amides is 1. The first-order chi connectivity index (χ1) is 9.58. The van der Waals surface area contributed by atoms with Gasteiger partial charge in [-0.3, -0.25) is 4.79 Å². The van der Waals surface area contributed by atoms with E-state index in [0.717, 1.165) is 25.7 Å². The quantitative estimate of drug-likeness (QED) is 0.776. The third-order valence-electron chi connectivity index (χ3n) is 3.81. The van der Waals surface area contributed by atoms with Crippen LogP contribution in [0, 0.1) is 5.92 Å². The molecule has 1 fully saturated rings. The summed E-state index contributed by atoms with van der Waals surface area (Å²) < 4.78 is 0. The Balaban J connectivity index is 2.02. The van der Waals surface area contributed by atoms with E-state index in [1.165, 1.54) is 0 Å². The predicted octanol–water partition coefficient (Wildman–Crippen LogP) is 1.45. The molecule has 20 heavy (non-hydrogen) atoms. The minimum absolute atomic E-state index is 0.125. The molecular weight excluding hydrogens is 256 g/mol. The number of carboxylic acid groups (broad SMARTS) is 1. The van der Waals surface area contributed by atoms with Crippen molar-refractivity contribution < 1.29 is 14.7 Å². The van der Waals surface area contributed by atoms with Crippen LogP contribution in [0.3, 0.4) is 0 Å². The highest BCUT2D eigenvalue weighted by molar-refractivity contribution is 5.85. The third kappa shape index (κ3) is 3.57. The van der Waals surface area contributed by atoms with Crippen molar-refractivity contribution in [2.24, 2.45) is 11.7 Å². The molecule has 0 saturated heterocycles. The predicted molar refractivity (Wildman–Crippen MR) is 74.9 cm³/mol. The molecule has 0 bridgehead atoms. The van der Waals surface area contributed by atoms with Gasteiger partial charge in [0.15, 0.2) is 6.04 Å². The van der Waals surface area contributed by atoms with Crippen molar-refractivity contribution in [3.63, 3.8) is 0 Å². The molecule has 1 aliphatic carbocycles. The molecule has 4 N–H and O–H groups in total. The number of aliphatic carboxylic acids is 1. The van der Waals surface area contributed by atoms with Gasteiger partial charge in [0.05, 0.1) is 0 Å². The molecule has 1 aromatic rings. The van der Waals surface area contributed by atoms with Crippen molar-refractivity contribution in [1.82, 2.24) is 5.32 Å². The molecule has 0 aliphatic heterocycles. The lowest BCUT2D eigenvalue weighted by atomic mass is 9.85. The van der Waals surface area contributed by atoms with Crippen LogP contribution in [0.15, 0.2) is 30.3 Å². The van der Waals surface area contributed by atoms with Gasteiger partial charge in [-0.1, -0.05) is 30.3 Å². The number of rotatable bonds is 4. The Morgan fingerprint density at radius 2 is 1.75 bits per heavy atom. The maximum absolute atomic E-state index is 12.2. The fourth-order valence-corrected chi connectivity index (χ4v) is 2.57. The van der Waals surface area contributed by atoms with Gasteiger partial charge in [0.1, 0.15) is 0 Å². The van der Waals surface area contributed by atoms with Crippen LogP contribution in [0.25, 0.3) is 0 Å². The first kappa shape index (κ1) is 14.5. The maximum Gasteiger partial charge on any atom is 0.330 e. The molecule has 5 heteroatoms. The summed E-state index contributed by atoms with van der Waals surface area (Å²) in [5.41, 5.74) is 6.40. The van der Waals surface area contributed by atoms with Crippen LogP contribution in [-0.4, -0.2) is 23.0 Å². The average molecular weight is 276 g/mol. The summed E-state index contributed by atoms with van der Waals surface area (Å²) in [5, 5.41) is 11.9. The highest BCUT2D eigenvalue weighted by Crippen LogP contribution is 2.24. The van der Waals surface area contributed by atoms with Gasteiger partial charge in [-0.15, -0.1) is 0 Å². The summed E-state index contributed by atoms with van der Waals surface area (Å²) in [6, 6.07) is 7.93. The summed E-state index contributed by atoms with van der Waals surface area (Å²) in [6.45, 7) is 0. The van der Waals surface area contributed by atoms with Crippen LogP contribution in [0.4, 0.5) is 0 Å². The second kappa shape index (κ2) is 6.52. The van der Waals surface area contributed by atoms with Gasteiger partial charge in [-0.2, -0.15) is 0 Å². The van der Waals surface area contributed by atoms with E-state index in [4.69, 9.17) is 5.73 Å². The number of hydrogen-bond donors (Lipinski definition) is 3. The van der Waals surface area contributed by atoms with E-state index in [2.05, 4.69) is 5.32 Å². The number of hydrogen-bond acceptors (Lipinski definition) is 3. The monoisotopic (exact) mass is 276 g/mol. The van der Waals surface area contributed by atoms with Crippen molar-refractivity contribution in [2.75, 3.05) is 0 Å². The van der Waals surface area contributed by atoms with E-state index >= 15 is 0 Å². The lowest BCUT2D eigenvalue weighted by molar-refractivity contribution is -0.142. The van der Waals surface area contributed by atoms with E-state index in [1.54, 1.807) is 24.3 Å². The number of carbonyl (C=O) groups excluding carboxylic acids is 1. The lowest BCUT2D eigenvalue weighted by Gasteiger charge is -2.26. The first-order valence-corrected chi connectivity index (χ1v) is 6.91. The highest BCUT2D eigenvalue weighted by Gasteiger charge is 2.28. The van der Waals surface area contributed by atoms with Crippen molar-refractivity contribution in [2.45, 2.75) is 37.8 Å². The topological polar surface area (TPSA) is 92.4 Å². The molecule has 0 radical (unpaired) electrons. The summed E-state index contributed by atoms with van der Waals surface area (Å²) in [4.78, 5) is 23.5. The van der Waals surface area contributed by atoms with Gasteiger partial charge in [0, 0.05) is 12.0 Å². The number of benzene rings is 1. The molecule has 1 atom stereocenters. The molecule has 1 saturated carbocycles. The largest absolute Gasteiger partial charge is 0.479 e. The Kier molecular flexibility index (Phi) is 4.74. The minimum Gasteiger partial charge on any atom is -0.479 e. The summed E-state index contributed by atoms with van der Waals surface area (Å²) in [5.74, 6) is -1.36. The highest BCUT2D eigenvalue weighted by atomic mass is 16.4. The molecule has 108 valence electrons. The minimum atomic E-state index is -1.04. The molecule has 0 unspecified atom stereocenters. The Morgan fingerprint density at radius 1 is 1.15 bits per heavy atom. The normalized spacial score (nSPS) is 23.9. The zero-order valence-electron chi connectivity index (χ0n) is 11.3. The number of nitrogens with one attached hydrogen (secondary N) is 1. The summed E-state index contributed by atoms with van der Waals surface area (Å²) in [6.07, 6.45) is 3.10. The summed E-state index contributed by atoms with van der Waals surface area (Å²) in [7, 11) is 0. The zero-order valence-corrected chi connectivity index (χ0v) is 11.3. The average Bonchev–Trinajstić information content (AvgIpc) is 2.46. The first-order valence-electron chi connectivity index (χ1n) is 6.91. The fraction of sp³-hybridized carbons (Fsp3) is 0.467. The van der Waals surface area contributed by atoms with E-state index in [0.29, 0.717) is 5.56 Å². The maximum atomic E-state index is 12.2. The van der Waals surface area contributed by atoms with Gasteiger partial charge in [-0.05, 0) is 31.2 Å². The molecule has 0 aromatic heterocycles. The van der Waals surface area contributed by atoms with Crippen LogP contribution >= 0.6 is 0 Å². The van der Waals surface area contributed by atoms with Crippen LogP contribution in [-0.2, 0) is 9.59 Å². The smallest absolute Gasteiger partial charge is 0.330 e. The summed E-state index contributed by atoms with van der Waals surface area (Å²) >= 11 is 0. The van der Waals surface area contributed by atoms with Crippen LogP contribution in [0.1, 0.15) is 37.3 Å². The van der Waals surface area contributed by atoms with E-state index in [9.17, 15) is 14.7 Å². The van der Waals surface area contributed by atoms with Crippen LogP contribution in [0.5, 0.6) is 0 Å². The van der Waals surface area contributed by atoms with Crippen molar-refractivity contribution in [3.05, 3.63) is 35.9 Å². The van der Waals surface area contributed by atoms with E-state index in [-0.39, 0.29) is 17.9 Å². The number of carbonyl (C=O) groups is 2. The number of nitrogens with two attached hydrogens (primary N) is 1. The Bertz CT molecular complexity index is 467. The molecule has 1 aliphatic rings. The molecule has 1 amide bonds. The Morgan fingerprint density at radius 3 is 2.30 bits per heavy atom. The third-order valence-corrected chi connectivity index (χ3v) is 3.81. The van der Waals surface area contributed by atoms with Gasteiger partial charge in [0.2, 0.25) is 5.91 Å². The molecule has 1 aromatic carbocycles. The van der Waals surface area contributed by atoms with Gasteiger partial charge in [0.25, 0.3) is 0 Å². The second-order valence-corrected chi connectivity index (χ2v) is 5.30. The Labute approximate surface area is 118 Å². The zero-order chi connectivity index (χ0) is 14.5. The molecule has 0 spiro atoms.